The van der Waals surface area contributed by atoms with Crippen LogP contribution in [-0.4, -0.2) is 46.0 Å². The zero-order valence-corrected chi connectivity index (χ0v) is 14.3. The Bertz CT molecular complexity index is 755. The number of aromatic nitrogens is 2. The Balaban J connectivity index is 1.59. The number of H-pyrrole nitrogens is 1. The van der Waals surface area contributed by atoms with E-state index < -0.39 is 11.7 Å². The Morgan fingerprint density at radius 1 is 1.46 bits per heavy atom. The van der Waals surface area contributed by atoms with Crippen LogP contribution in [0.4, 0.5) is 4.39 Å². The van der Waals surface area contributed by atoms with Gasteiger partial charge >= 0.3 is 0 Å². The number of likely N-dealkylation sites (tertiary alicyclic amines) is 1. The van der Waals surface area contributed by atoms with Gasteiger partial charge in [0.05, 0.1) is 5.56 Å². The van der Waals surface area contributed by atoms with Crippen molar-refractivity contribution in [1.29, 1.82) is 0 Å². The Morgan fingerprint density at radius 2 is 2.25 bits per heavy atom. The summed E-state index contributed by atoms with van der Waals surface area (Å²) in [6.07, 6.45) is 0.644. The highest BCUT2D eigenvalue weighted by Crippen LogP contribution is 2.18. The van der Waals surface area contributed by atoms with Gasteiger partial charge in [0.25, 0.3) is 11.8 Å². The Kier molecular flexibility index (Phi) is 4.66. The molecule has 1 fully saturated rings. The summed E-state index contributed by atoms with van der Waals surface area (Å²) in [4.78, 5) is 26.2. The minimum atomic E-state index is -0.513. The lowest BCUT2D eigenvalue weighted by atomic mass is 10.1. The number of hydrogen-bond donors (Lipinski definition) is 2. The minimum Gasteiger partial charge on any atom is -0.347 e. The molecule has 1 saturated heterocycles. The number of carbonyl (C=O) groups excluding carboxylic acids is 2. The lowest BCUT2D eigenvalue weighted by Gasteiger charge is -2.15. The first-order chi connectivity index (χ1) is 11.5. The molecule has 2 N–H and O–H groups in total. The molecule has 3 rings (SSSR count). The van der Waals surface area contributed by atoms with E-state index in [9.17, 15) is 14.0 Å². The molecule has 1 unspecified atom stereocenters. The summed E-state index contributed by atoms with van der Waals surface area (Å²) in [5, 5.41) is 12.5. The summed E-state index contributed by atoms with van der Waals surface area (Å²) >= 11 is 1.15. The summed E-state index contributed by atoms with van der Waals surface area (Å²) in [7, 11) is 0. The normalized spacial score (nSPS) is 17.5. The van der Waals surface area contributed by atoms with E-state index in [4.69, 9.17) is 0 Å². The topological polar surface area (TPSA) is 78.1 Å². The van der Waals surface area contributed by atoms with Gasteiger partial charge in [-0.05, 0) is 18.4 Å². The Hall–Kier alpha value is -2.22. The number of nitrogens with one attached hydrogen (secondary N) is 2. The molecule has 0 radical (unpaired) electrons. The van der Waals surface area contributed by atoms with Crippen LogP contribution in [0.1, 0.15) is 52.7 Å². The Labute approximate surface area is 143 Å². The van der Waals surface area contributed by atoms with Crippen LogP contribution >= 0.6 is 11.3 Å². The molecule has 8 heteroatoms. The maximum Gasteiger partial charge on any atom is 0.274 e. The molecule has 1 aliphatic rings. The quantitative estimate of drug-likeness (QED) is 0.889. The number of halogens is 1. The van der Waals surface area contributed by atoms with E-state index in [-0.39, 0.29) is 23.4 Å². The van der Waals surface area contributed by atoms with Crippen molar-refractivity contribution >= 4 is 23.2 Å². The summed E-state index contributed by atoms with van der Waals surface area (Å²) in [6.45, 7) is 4.99. The predicted molar refractivity (Wildman–Crippen MR) is 88.7 cm³/mol. The molecule has 2 aromatic rings. The molecule has 0 aromatic carbocycles. The molecule has 1 atom stereocenters. The van der Waals surface area contributed by atoms with Gasteiger partial charge in [0.2, 0.25) is 0 Å². The lowest BCUT2D eigenvalue weighted by molar-refractivity contribution is 0.0777. The van der Waals surface area contributed by atoms with Crippen molar-refractivity contribution in [3.05, 3.63) is 39.6 Å². The van der Waals surface area contributed by atoms with E-state index in [0.29, 0.717) is 25.2 Å². The van der Waals surface area contributed by atoms with Crippen LogP contribution in [0.15, 0.2) is 16.8 Å². The van der Waals surface area contributed by atoms with Gasteiger partial charge in [0.15, 0.2) is 0 Å². The highest BCUT2D eigenvalue weighted by Gasteiger charge is 2.30. The van der Waals surface area contributed by atoms with E-state index in [0.717, 1.165) is 17.0 Å². The molecule has 0 bridgehead atoms. The van der Waals surface area contributed by atoms with Crippen LogP contribution in [0.5, 0.6) is 0 Å². The van der Waals surface area contributed by atoms with Gasteiger partial charge in [-0.2, -0.15) is 5.10 Å². The van der Waals surface area contributed by atoms with Crippen molar-refractivity contribution < 1.29 is 14.0 Å². The van der Waals surface area contributed by atoms with Gasteiger partial charge in [0, 0.05) is 35.6 Å². The highest BCUT2D eigenvalue weighted by molar-refractivity contribution is 7.08. The smallest absolute Gasteiger partial charge is 0.274 e. The summed E-state index contributed by atoms with van der Waals surface area (Å²) in [5.74, 6) is -0.835. The zero-order valence-electron chi connectivity index (χ0n) is 13.5. The van der Waals surface area contributed by atoms with Crippen LogP contribution < -0.4 is 5.32 Å². The van der Waals surface area contributed by atoms with E-state index in [1.807, 2.05) is 13.8 Å². The fraction of sp³-hybridized carbons (Fsp3) is 0.438. The van der Waals surface area contributed by atoms with E-state index in [1.165, 1.54) is 10.8 Å². The van der Waals surface area contributed by atoms with Crippen molar-refractivity contribution in [3.63, 3.8) is 0 Å². The molecule has 2 aromatic heterocycles. The van der Waals surface area contributed by atoms with Crippen molar-refractivity contribution in [3.8, 4) is 0 Å². The van der Waals surface area contributed by atoms with Crippen molar-refractivity contribution in [2.45, 2.75) is 32.2 Å². The second-order valence-corrected chi connectivity index (χ2v) is 6.95. The molecule has 2 amide bonds. The first kappa shape index (κ1) is 16.6. The second-order valence-electron chi connectivity index (χ2n) is 6.21. The van der Waals surface area contributed by atoms with Gasteiger partial charge in [-0.1, -0.05) is 13.8 Å². The van der Waals surface area contributed by atoms with Gasteiger partial charge in [-0.3, -0.25) is 14.7 Å². The maximum atomic E-state index is 13.4. The minimum absolute atomic E-state index is 0.0543. The Morgan fingerprint density at radius 3 is 2.88 bits per heavy atom. The number of thiophene rings is 1. The first-order valence-electron chi connectivity index (χ1n) is 7.83. The SMILES string of the molecule is CC(C)c1cc(C(=O)N2CCC(NC(=O)c3cscc3F)C2)n[nH]1. The average molecular weight is 350 g/mol. The largest absolute Gasteiger partial charge is 0.347 e. The fourth-order valence-corrected chi connectivity index (χ4v) is 3.34. The van der Waals surface area contributed by atoms with Gasteiger partial charge < -0.3 is 10.2 Å². The van der Waals surface area contributed by atoms with Crippen LogP contribution in [0.2, 0.25) is 0 Å². The summed E-state index contributed by atoms with van der Waals surface area (Å²) in [5.41, 5.74) is 1.35. The number of carbonyl (C=O) groups is 2. The lowest BCUT2D eigenvalue weighted by Crippen LogP contribution is -2.38. The molecular weight excluding hydrogens is 331 g/mol. The third-order valence-electron chi connectivity index (χ3n) is 4.11. The second kappa shape index (κ2) is 6.72. The van der Waals surface area contributed by atoms with E-state index in [1.54, 1.807) is 11.0 Å². The van der Waals surface area contributed by atoms with Crippen molar-refractivity contribution in [2.24, 2.45) is 0 Å². The molecule has 0 aliphatic carbocycles. The fourth-order valence-electron chi connectivity index (χ4n) is 2.67. The van der Waals surface area contributed by atoms with Crippen molar-refractivity contribution in [1.82, 2.24) is 20.4 Å². The number of amides is 2. The number of aromatic amines is 1. The maximum absolute atomic E-state index is 13.4. The van der Waals surface area contributed by atoms with Crippen LogP contribution in [-0.2, 0) is 0 Å². The molecule has 128 valence electrons. The standard InChI is InChI=1S/C16H19FN4O2S/c1-9(2)13-5-14(20-19-13)16(23)21-4-3-10(6-21)18-15(22)11-7-24-8-12(11)17/h5,7-10H,3-4,6H2,1-2H3,(H,18,22)(H,19,20). The number of hydrogen-bond acceptors (Lipinski definition) is 4. The highest BCUT2D eigenvalue weighted by atomic mass is 32.1. The van der Waals surface area contributed by atoms with Crippen LogP contribution in [0.3, 0.4) is 0 Å². The van der Waals surface area contributed by atoms with E-state index in [2.05, 4.69) is 15.5 Å². The van der Waals surface area contributed by atoms with E-state index >= 15 is 0 Å². The summed E-state index contributed by atoms with van der Waals surface area (Å²) < 4.78 is 13.4. The van der Waals surface area contributed by atoms with Gasteiger partial charge in [-0.25, -0.2) is 4.39 Å². The van der Waals surface area contributed by atoms with Gasteiger partial charge in [0.1, 0.15) is 11.5 Å². The molecule has 1 aliphatic heterocycles. The van der Waals surface area contributed by atoms with Crippen LogP contribution in [0.25, 0.3) is 0 Å². The molecule has 3 heterocycles. The van der Waals surface area contributed by atoms with Crippen molar-refractivity contribution in [2.75, 3.05) is 13.1 Å². The molecule has 24 heavy (non-hydrogen) atoms. The van der Waals surface area contributed by atoms with Crippen LogP contribution in [0, 0.1) is 5.82 Å². The predicted octanol–water partition coefficient (Wildman–Crippen LogP) is 2.38. The average Bonchev–Trinajstić information content (AvgIpc) is 3.26. The first-order valence-corrected chi connectivity index (χ1v) is 8.77. The number of rotatable bonds is 4. The monoisotopic (exact) mass is 350 g/mol. The third-order valence-corrected chi connectivity index (χ3v) is 4.82. The zero-order chi connectivity index (χ0) is 17.3. The molecule has 0 spiro atoms. The third kappa shape index (κ3) is 3.33. The molecular formula is C16H19FN4O2S. The molecule has 6 nitrogen and oxygen atoms in total. The molecule has 0 saturated carbocycles. The number of nitrogens with zero attached hydrogens (tertiary/aromatic N) is 2. The van der Waals surface area contributed by atoms with Gasteiger partial charge in [-0.15, -0.1) is 11.3 Å². The summed E-state index contributed by atoms with van der Waals surface area (Å²) in [6, 6.07) is 1.59.